The zero-order valence-corrected chi connectivity index (χ0v) is 11.1. The second kappa shape index (κ2) is 5.33. The number of anilines is 1. The summed E-state index contributed by atoms with van der Waals surface area (Å²) in [5.74, 6) is 1.90. The largest absolute Gasteiger partial charge is 0.353 e. The van der Waals surface area contributed by atoms with Crippen LogP contribution in [0, 0.1) is 11.8 Å². The fraction of sp³-hybridized carbons (Fsp3) is 0.615. The molecule has 2 rings (SSSR count). The Labute approximate surface area is 108 Å². The molecule has 1 aromatic rings. The number of aromatic nitrogens is 2. The van der Waals surface area contributed by atoms with Gasteiger partial charge >= 0.3 is 0 Å². The highest BCUT2D eigenvalue weighted by molar-refractivity contribution is 5.73. The Morgan fingerprint density at radius 2 is 2.22 bits per heavy atom. The van der Waals surface area contributed by atoms with Gasteiger partial charge in [0.1, 0.15) is 5.82 Å². The van der Waals surface area contributed by atoms with Gasteiger partial charge in [-0.2, -0.15) is 0 Å². The Kier molecular flexibility index (Phi) is 3.79. The van der Waals surface area contributed by atoms with Gasteiger partial charge in [0.15, 0.2) is 0 Å². The van der Waals surface area contributed by atoms with E-state index in [1.54, 1.807) is 25.5 Å². The Bertz CT molecular complexity index is 407. The molecule has 1 saturated heterocycles. The zero-order valence-electron chi connectivity index (χ0n) is 11.1. The highest BCUT2D eigenvalue weighted by atomic mass is 16.1. The van der Waals surface area contributed by atoms with Crippen molar-refractivity contribution in [1.29, 1.82) is 0 Å². The summed E-state index contributed by atoms with van der Waals surface area (Å²) in [6.07, 6.45) is 5.14. The minimum Gasteiger partial charge on any atom is -0.353 e. The van der Waals surface area contributed by atoms with Gasteiger partial charge in [0.2, 0.25) is 5.91 Å². The highest BCUT2D eigenvalue weighted by Crippen LogP contribution is 2.27. The fourth-order valence-electron chi connectivity index (χ4n) is 2.56. The van der Waals surface area contributed by atoms with E-state index in [0.29, 0.717) is 11.8 Å². The monoisotopic (exact) mass is 248 g/mol. The van der Waals surface area contributed by atoms with Crippen LogP contribution in [0.25, 0.3) is 0 Å². The molecule has 18 heavy (non-hydrogen) atoms. The zero-order chi connectivity index (χ0) is 13.1. The second-order valence-corrected chi connectivity index (χ2v) is 5.18. The lowest BCUT2D eigenvalue weighted by atomic mass is 9.91. The van der Waals surface area contributed by atoms with Crippen LogP contribution in [0.1, 0.15) is 20.8 Å². The standard InChI is InChI=1S/C13H20N4O/c1-9(2)11-7-17(8-12(11)16-10(3)18)13-6-14-4-5-15-13/h4-6,9,11-12H,7-8H2,1-3H3,(H,16,18)/t11-,12+/m0/s1. The second-order valence-electron chi connectivity index (χ2n) is 5.18. The molecule has 1 fully saturated rings. The highest BCUT2D eigenvalue weighted by Gasteiger charge is 2.35. The Morgan fingerprint density at radius 1 is 1.44 bits per heavy atom. The van der Waals surface area contributed by atoms with Crippen molar-refractivity contribution in [3.05, 3.63) is 18.6 Å². The number of nitrogens with zero attached hydrogens (tertiary/aromatic N) is 3. The van der Waals surface area contributed by atoms with Gasteiger partial charge in [0.05, 0.1) is 12.2 Å². The number of rotatable bonds is 3. The minimum absolute atomic E-state index is 0.0339. The maximum atomic E-state index is 11.3. The average molecular weight is 248 g/mol. The van der Waals surface area contributed by atoms with Gasteiger partial charge in [0.25, 0.3) is 0 Å². The van der Waals surface area contributed by atoms with Crippen molar-refractivity contribution in [2.24, 2.45) is 11.8 Å². The predicted molar refractivity (Wildman–Crippen MR) is 70.2 cm³/mol. The Balaban J connectivity index is 2.11. The SMILES string of the molecule is CC(=O)N[C@@H]1CN(c2cnccn2)C[C@H]1C(C)C. The lowest BCUT2D eigenvalue weighted by Gasteiger charge is -2.21. The topological polar surface area (TPSA) is 58.1 Å². The summed E-state index contributed by atoms with van der Waals surface area (Å²) in [6.45, 7) is 7.68. The number of carbonyl (C=O) groups excluding carboxylic acids is 1. The van der Waals surface area contributed by atoms with E-state index in [1.807, 2.05) is 0 Å². The normalized spacial score (nSPS) is 23.4. The van der Waals surface area contributed by atoms with Crippen LogP contribution in [-0.4, -0.2) is 35.0 Å². The van der Waals surface area contributed by atoms with E-state index < -0.39 is 0 Å². The third kappa shape index (κ3) is 2.78. The van der Waals surface area contributed by atoms with Crippen molar-refractivity contribution >= 4 is 11.7 Å². The van der Waals surface area contributed by atoms with E-state index in [2.05, 4.69) is 34.0 Å². The van der Waals surface area contributed by atoms with Gasteiger partial charge in [-0.1, -0.05) is 13.8 Å². The molecule has 5 nitrogen and oxygen atoms in total. The summed E-state index contributed by atoms with van der Waals surface area (Å²) in [6, 6.07) is 0.199. The number of carbonyl (C=O) groups is 1. The molecule has 1 amide bonds. The molecule has 5 heteroatoms. The fourth-order valence-corrected chi connectivity index (χ4v) is 2.56. The number of amides is 1. The summed E-state index contributed by atoms with van der Waals surface area (Å²) in [7, 11) is 0. The maximum absolute atomic E-state index is 11.3. The Hall–Kier alpha value is -1.65. The van der Waals surface area contributed by atoms with Crippen molar-refractivity contribution in [1.82, 2.24) is 15.3 Å². The van der Waals surface area contributed by atoms with Crippen molar-refractivity contribution in [2.75, 3.05) is 18.0 Å². The molecule has 2 heterocycles. The predicted octanol–water partition coefficient (Wildman–Crippen LogP) is 1.07. The minimum atomic E-state index is 0.0339. The molecule has 98 valence electrons. The van der Waals surface area contributed by atoms with Gasteiger partial charge in [-0.3, -0.25) is 9.78 Å². The first-order valence-electron chi connectivity index (χ1n) is 6.36. The van der Waals surface area contributed by atoms with Gasteiger partial charge in [-0.05, 0) is 5.92 Å². The third-order valence-corrected chi connectivity index (χ3v) is 3.48. The van der Waals surface area contributed by atoms with E-state index in [1.165, 1.54) is 0 Å². The van der Waals surface area contributed by atoms with Gasteiger partial charge < -0.3 is 10.2 Å². The molecule has 1 N–H and O–H groups in total. The summed E-state index contributed by atoms with van der Waals surface area (Å²) >= 11 is 0. The molecule has 0 unspecified atom stereocenters. The smallest absolute Gasteiger partial charge is 0.217 e. The van der Waals surface area contributed by atoms with Crippen LogP contribution in [0.15, 0.2) is 18.6 Å². The molecule has 1 aliphatic rings. The van der Waals surface area contributed by atoms with Gasteiger partial charge in [0, 0.05) is 38.3 Å². The molecule has 2 atom stereocenters. The van der Waals surface area contributed by atoms with Crippen molar-refractivity contribution in [3.8, 4) is 0 Å². The molecular weight excluding hydrogens is 228 g/mol. The van der Waals surface area contributed by atoms with Crippen LogP contribution in [0.2, 0.25) is 0 Å². The quantitative estimate of drug-likeness (QED) is 0.869. The first kappa shape index (κ1) is 12.8. The molecule has 1 aliphatic heterocycles. The van der Waals surface area contributed by atoms with E-state index in [-0.39, 0.29) is 11.9 Å². The molecular formula is C13H20N4O. The summed E-state index contributed by atoms with van der Waals surface area (Å²) in [4.78, 5) is 21.9. The summed E-state index contributed by atoms with van der Waals surface area (Å²) in [5.41, 5.74) is 0. The van der Waals surface area contributed by atoms with E-state index >= 15 is 0 Å². The van der Waals surface area contributed by atoms with Gasteiger partial charge in [-0.25, -0.2) is 4.98 Å². The van der Waals surface area contributed by atoms with E-state index in [4.69, 9.17) is 0 Å². The molecule has 0 spiro atoms. The van der Waals surface area contributed by atoms with Crippen LogP contribution >= 0.6 is 0 Å². The van der Waals surface area contributed by atoms with Gasteiger partial charge in [-0.15, -0.1) is 0 Å². The lowest BCUT2D eigenvalue weighted by molar-refractivity contribution is -0.119. The third-order valence-electron chi connectivity index (χ3n) is 3.48. The van der Waals surface area contributed by atoms with Crippen LogP contribution in [0.4, 0.5) is 5.82 Å². The molecule has 0 radical (unpaired) electrons. The van der Waals surface area contributed by atoms with E-state index in [9.17, 15) is 4.79 Å². The first-order chi connectivity index (χ1) is 8.58. The van der Waals surface area contributed by atoms with Crippen molar-refractivity contribution in [3.63, 3.8) is 0 Å². The summed E-state index contributed by atoms with van der Waals surface area (Å²) in [5, 5.41) is 3.04. The van der Waals surface area contributed by atoms with Crippen LogP contribution < -0.4 is 10.2 Å². The Morgan fingerprint density at radius 3 is 2.78 bits per heavy atom. The van der Waals surface area contributed by atoms with Crippen molar-refractivity contribution < 1.29 is 4.79 Å². The van der Waals surface area contributed by atoms with Crippen LogP contribution in [0.3, 0.4) is 0 Å². The van der Waals surface area contributed by atoms with E-state index in [0.717, 1.165) is 18.9 Å². The number of nitrogens with one attached hydrogen (secondary N) is 1. The maximum Gasteiger partial charge on any atom is 0.217 e. The number of hydrogen-bond donors (Lipinski definition) is 1. The van der Waals surface area contributed by atoms with Crippen LogP contribution in [0.5, 0.6) is 0 Å². The first-order valence-corrected chi connectivity index (χ1v) is 6.36. The van der Waals surface area contributed by atoms with Crippen molar-refractivity contribution in [2.45, 2.75) is 26.8 Å². The molecule has 1 aromatic heterocycles. The summed E-state index contributed by atoms with van der Waals surface area (Å²) < 4.78 is 0. The lowest BCUT2D eigenvalue weighted by Crippen LogP contribution is -2.40. The number of hydrogen-bond acceptors (Lipinski definition) is 4. The molecule has 0 saturated carbocycles. The molecule has 0 aliphatic carbocycles. The van der Waals surface area contributed by atoms with Crippen LogP contribution in [-0.2, 0) is 4.79 Å². The molecule has 0 bridgehead atoms. The average Bonchev–Trinajstić information content (AvgIpc) is 2.73. The molecule has 0 aromatic carbocycles.